The lowest BCUT2D eigenvalue weighted by Crippen LogP contribution is -1.86. The molecule has 0 aliphatic carbocycles. The lowest BCUT2D eigenvalue weighted by Gasteiger charge is -2.03. The first-order chi connectivity index (χ1) is 14.2. The zero-order valence-electron chi connectivity index (χ0n) is 15.2. The third kappa shape index (κ3) is 2.30. The van der Waals surface area contributed by atoms with Gasteiger partial charge in [-0.05, 0) is 29.7 Å². The molecular weight excluding hydrogens is 371 g/mol. The van der Waals surface area contributed by atoms with Gasteiger partial charge in [0.1, 0.15) is 28.4 Å². The van der Waals surface area contributed by atoms with Crippen LogP contribution >= 0.6 is 0 Å². The Morgan fingerprint density at radius 3 is 2.83 bits per heavy atom. The first-order valence-electron chi connectivity index (χ1n) is 8.99. The molecule has 0 spiro atoms. The Hall–Kier alpha value is -4.00. The molecule has 5 heterocycles. The topological polar surface area (TPSA) is 76.8 Å². The summed E-state index contributed by atoms with van der Waals surface area (Å²) in [6.45, 7) is 0. The minimum Gasteiger partial charge on any atom is -0.497 e. The Bertz CT molecular complexity index is 1620. The number of pyridine rings is 3. The molecule has 140 valence electrons. The van der Waals surface area contributed by atoms with Gasteiger partial charge in [0.2, 0.25) is 0 Å². The summed E-state index contributed by atoms with van der Waals surface area (Å²) in [7, 11) is 1.57. The van der Waals surface area contributed by atoms with Crippen LogP contribution in [0.15, 0.2) is 59.5 Å². The number of hydrogen-bond acceptors (Lipinski definition) is 5. The summed E-state index contributed by atoms with van der Waals surface area (Å²) >= 11 is 0. The summed E-state index contributed by atoms with van der Waals surface area (Å²) in [5.41, 5.74) is 3.17. The summed E-state index contributed by atoms with van der Waals surface area (Å²) in [5, 5.41) is 3.33. The predicted octanol–water partition coefficient (Wildman–Crippen LogP) is 5.27. The van der Waals surface area contributed by atoms with Gasteiger partial charge < -0.3 is 14.1 Å². The number of halogens is 1. The molecule has 0 saturated carbocycles. The molecule has 29 heavy (non-hydrogen) atoms. The Morgan fingerprint density at radius 1 is 1.00 bits per heavy atom. The van der Waals surface area contributed by atoms with Crippen molar-refractivity contribution >= 4 is 54.8 Å². The second-order valence-electron chi connectivity index (χ2n) is 6.82. The monoisotopic (exact) mass is 384 g/mol. The number of nitrogens with one attached hydrogen (secondary N) is 1. The maximum absolute atomic E-state index is 15.1. The largest absolute Gasteiger partial charge is 0.497 e. The van der Waals surface area contributed by atoms with Crippen molar-refractivity contribution in [2.75, 3.05) is 7.11 Å². The predicted molar refractivity (Wildman–Crippen MR) is 109 cm³/mol. The van der Waals surface area contributed by atoms with Crippen molar-refractivity contribution in [3.8, 4) is 5.75 Å². The fourth-order valence-corrected chi connectivity index (χ4v) is 3.85. The molecule has 4 bridgehead atoms. The van der Waals surface area contributed by atoms with Gasteiger partial charge >= 0.3 is 0 Å². The number of methoxy groups -OCH3 is 1. The van der Waals surface area contributed by atoms with Crippen LogP contribution in [0.4, 0.5) is 4.39 Å². The van der Waals surface area contributed by atoms with E-state index in [1.807, 2.05) is 6.07 Å². The van der Waals surface area contributed by atoms with Crippen LogP contribution in [0.3, 0.4) is 0 Å². The molecule has 0 unspecified atom stereocenters. The first kappa shape index (κ1) is 16.0. The Labute approximate surface area is 162 Å². The fraction of sp³-hybridized carbons (Fsp3) is 0.0455. The molecule has 1 N–H and O–H groups in total. The van der Waals surface area contributed by atoms with Crippen LogP contribution in [-0.2, 0) is 0 Å². The number of benzene rings is 1. The molecule has 0 amide bonds. The van der Waals surface area contributed by atoms with Gasteiger partial charge in [0.05, 0.1) is 35.9 Å². The van der Waals surface area contributed by atoms with Crippen LogP contribution in [0.5, 0.6) is 5.75 Å². The number of fused-ring (bicyclic) bond motifs is 6. The molecule has 0 fully saturated rings. The lowest BCUT2D eigenvalue weighted by molar-refractivity contribution is 0.415. The number of nitrogens with zero attached hydrogens (tertiary/aromatic N) is 3. The highest BCUT2D eigenvalue weighted by atomic mass is 19.1. The Balaban J connectivity index is 2.04. The number of aromatic nitrogens is 4. The van der Waals surface area contributed by atoms with E-state index in [-0.39, 0.29) is 0 Å². The average molecular weight is 384 g/mol. The third-order valence-electron chi connectivity index (χ3n) is 5.15. The van der Waals surface area contributed by atoms with Crippen molar-refractivity contribution in [1.29, 1.82) is 0 Å². The van der Waals surface area contributed by atoms with Crippen LogP contribution < -0.4 is 4.74 Å². The maximum Gasteiger partial charge on any atom is 0.150 e. The van der Waals surface area contributed by atoms with Gasteiger partial charge in [0.15, 0.2) is 0 Å². The van der Waals surface area contributed by atoms with Crippen molar-refractivity contribution in [3.63, 3.8) is 0 Å². The van der Waals surface area contributed by atoms with Crippen LogP contribution in [-0.4, -0.2) is 27.0 Å². The summed E-state index contributed by atoms with van der Waals surface area (Å²) < 4.78 is 26.7. The minimum absolute atomic E-state index is 0.422. The van der Waals surface area contributed by atoms with E-state index in [1.54, 1.807) is 50.0 Å². The van der Waals surface area contributed by atoms with Gasteiger partial charge in [-0.3, -0.25) is 9.97 Å². The SMILES string of the molecule is COc1cc2cc(c1)c1c(F)cnc3[nH]c4cnc(cc4c31)c1cnccc1o2. The van der Waals surface area contributed by atoms with Crippen molar-refractivity contribution in [2.24, 2.45) is 0 Å². The number of rotatable bonds is 1. The van der Waals surface area contributed by atoms with E-state index in [2.05, 4.69) is 19.9 Å². The average Bonchev–Trinajstić information content (AvgIpc) is 3.11. The van der Waals surface area contributed by atoms with Crippen molar-refractivity contribution in [1.82, 2.24) is 19.9 Å². The Morgan fingerprint density at radius 2 is 1.93 bits per heavy atom. The van der Waals surface area contributed by atoms with E-state index in [1.165, 1.54) is 6.20 Å². The van der Waals surface area contributed by atoms with E-state index >= 15 is 4.39 Å². The molecule has 6 aromatic rings. The molecular formula is C22H13FN4O2. The highest BCUT2D eigenvalue weighted by Gasteiger charge is 2.14. The minimum atomic E-state index is -0.422. The maximum atomic E-state index is 15.1. The number of H-pyrrole nitrogens is 1. The normalized spacial score (nSPS) is 11.8. The Kier molecular flexibility index (Phi) is 3.17. The first-order valence-corrected chi connectivity index (χ1v) is 8.99. The van der Waals surface area contributed by atoms with Crippen LogP contribution in [0.2, 0.25) is 0 Å². The van der Waals surface area contributed by atoms with Crippen LogP contribution in [0.1, 0.15) is 0 Å². The van der Waals surface area contributed by atoms with E-state index in [4.69, 9.17) is 9.15 Å². The molecule has 5 aromatic heterocycles. The zero-order chi connectivity index (χ0) is 19.5. The fourth-order valence-electron chi connectivity index (χ4n) is 3.85. The van der Waals surface area contributed by atoms with Gasteiger partial charge in [0.25, 0.3) is 0 Å². The van der Waals surface area contributed by atoms with Crippen molar-refractivity contribution in [3.05, 3.63) is 60.9 Å². The molecule has 0 saturated heterocycles. The van der Waals surface area contributed by atoms with Gasteiger partial charge in [-0.1, -0.05) is 0 Å². The molecule has 0 radical (unpaired) electrons. The number of hydrogen-bond donors (Lipinski definition) is 1. The van der Waals surface area contributed by atoms with E-state index < -0.39 is 5.82 Å². The second-order valence-corrected chi connectivity index (χ2v) is 6.82. The lowest BCUT2D eigenvalue weighted by atomic mass is 10.1. The van der Waals surface area contributed by atoms with Crippen molar-refractivity contribution in [2.45, 2.75) is 0 Å². The third-order valence-corrected chi connectivity index (χ3v) is 5.15. The number of aromatic amines is 1. The van der Waals surface area contributed by atoms with Gasteiger partial charge in [-0.2, -0.15) is 0 Å². The van der Waals surface area contributed by atoms with Crippen LogP contribution in [0.25, 0.3) is 54.8 Å². The highest BCUT2D eigenvalue weighted by Crippen LogP contribution is 2.34. The molecule has 6 nitrogen and oxygen atoms in total. The highest BCUT2D eigenvalue weighted by molar-refractivity contribution is 6.19. The van der Waals surface area contributed by atoms with E-state index in [0.717, 1.165) is 16.3 Å². The summed E-state index contributed by atoms with van der Waals surface area (Å²) in [6, 6.07) is 9.04. The second kappa shape index (κ2) is 5.75. The zero-order valence-corrected chi connectivity index (χ0v) is 15.2. The van der Waals surface area contributed by atoms with Crippen molar-refractivity contribution < 1.29 is 13.5 Å². The van der Waals surface area contributed by atoms with Crippen LogP contribution in [0, 0.1) is 5.82 Å². The van der Waals surface area contributed by atoms with E-state index in [9.17, 15) is 0 Å². The molecule has 1 aromatic carbocycles. The van der Waals surface area contributed by atoms with Gasteiger partial charge in [-0.25, -0.2) is 9.37 Å². The summed E-state index contributed by atoms with van der Waals surface area (Å²) in [6.07, 6.45) is 6.31. The van der Waals surface area contributed by atoms with Gasteiger partial charge in [0, 0.05) is 34.6 Å². The molecule has 6 rings (SSSR count). The number of ether oxygens (including phenoxy) is 1. The summed E-state index contributed by atoms with van der Waals surface area (Å²) in [4.78, 5) is 16.3. The quantitative estimate of drug-likeness (QED) is 0.418. The molecule has 0 atom stereocenters. The summed E-state index contributed by atoms with van der Waals surface area (Å²) in [5.74, 6) is 0.141. The molecule has 0 aliphatic rings. The molecule has 7 heteroatoms. The van der Waals surface area contributed by atoms with E-state index in [0.29, 0.717) is 44.2 Å². The smallest absolute Gasteiger partial charge is 0.150 e. The standard InChI is InChI=1S/C22H13FN4O2/c1-28-12-4-11-5-13(6-12)29-19-2-3-24-8-15(19)17-7-14-18(10-25-17)27-22-21(14)20(11)16(23)9-26-22/h2-10H,1H3,(H,26,27). The molecule has 0 aliphatic heterocycles. The van der Waals surface area contributed by atoms with Gasteiger partial charge in [-0.15, -0.1) is 0 Å².